The van der Waals surface area contributed by atoms with Crippen molar-refractivity contribution in [3.63, 3.8) is 0 Å². The van der Waals surface area contributed by atoms with E-state index in [2.05, 4.69) is 71.4 Å². The Balaban J connectivity index is 1.26. The third-order valence-electron chi connectivity index (χ3n) is 16.4. The summed E-state index contributed by atoms with van der Waals surface area (Å²) in [5, 5.41) is 12.8. The van der Waals surface area contributed by atoms with Gasteiger partial charge < -0.3 is 10.0 Å². The second-order valence-electron chi connectivity index (χ2n) is 18.7. The lowest BCUT2D eigenvalue weighted by Crippen LogP contribution is -2.68. The van der Waals surface area contributed by atoms with E-state index in [1.54, 1.807) is 23.5 Å². The lowest BCUT2D eigenvalue weighted by molar-refractivity contribution is -0.217. The minimum Gasteiger partial charge on any atom is -0.478 e. The summed E-state index contributed by atoms with van der Waals surface area (Å²) in [6.45, 7) is 24.5. The van der Waals surface area contributed by atoms with Crippen molar-refractivity contribution in [1.82, 2.24) is 4.98 Å². The summed E-state index contributed by atoms with van der Waals surface area (Å²) in [7, 11) is 0. The molecule has 0 spiro atoms. The van der Waals surface area contributed by atoms with Gasteiger partial charge in [0.15, 0.2) is 10.9 Å². The lowest BCUT2D eigenvalue weighted by Gasteiger charge is -2.73. The molecule has 0 aliphatic heterocycles. The van der Waals surface area contributed by atoms with Crippen LogP contribution in [-0.2, 0) is 11.2 Å². The number of Topliss-reactive ketones (excluding diaryl/α,β-unsaturated/α-hetero) is 1. The van der Waals surface area contributed by atoms with Crippen LogP contribution >= 0.6 is 11.3 Å². The maximum Gasteiger partial charge on any atom is 0.335 e. The van der Waals surface area contributed by atoms with Crippen LogP contribution in [0.1, 0.15) is 141 Å². The molecule has 1 heterocycles. The molecule has 0 radical (unpaired) electrons. The summed E-state index contributed by atoms with van der Waals surface area (Å²) in [4.78, 5) is 32.7. The third-order valence-corrected chi connectivity index (χ3v) is 17.4. The number of aryl methyl sites for hydroxylation is 1. The number of thiazole rings is 1. The summed E-state index contributed by atoms with van der Waals surface area (Å²) in [5.41, 5.74) is 5.92. The number of carbonyl (C=O) groups excluding carboxylic acids is 1. The molecule has 276 valence electrons. The Hall–Kier alpha value is -2.73. The molecule has 0 bridgehead atoms. The molecule has 5 aliphatic carbocycles. The van der Waals surface area contributed by atoms with Crippen LogP contribution in [0.25, 0.3) is 5.57 Å². The Labute approximate surface area is 311 Å². The minimum absolute atomic E-state index is 0.00753. The zero-order valence-corrected chi connectivity index (χ0v) is 33.4. The molecule has 2 aromatic rings. The Bertz CT molecular complexity index is 1740. The molecule has 7 rings (SSSR count). The number of hydrogen-bond donors (Lipinski definition) is 1. The lowest BCUT2D eigenvalue weighted by atomic mass is 9.33. The highest BCUT2D eigenvalue weighted by Crippen LogP contribution is 2.77. The highest BCUT2D eigenvalue weighted by atomic mass is 32.1. The number of ketones is 1. The van der Waals surface area contributed by atoms with Gasteiger partial charge in [-0.05, 0) is 146 Å². The van der Waals surface area contributed by atoms with E-state index >= 15 is 0 Å². The molecule has 51 heavy (non-hydrogen) atoms. The zero-order valence-electron chi connectivity index (χ0n) is 32.6. The number of fused-ring (bicyclic) bond motifs is 7. The average molecular weight is 711 g/mol. The van der Waals surface area contributed by atoms with Crippen molar-refractivity contribution in [1.29, 1.82) is 0 Å². The van der Waals surface area contributed by atoms with E-state index in [0.717, 1.165) is 42.9 Å². The summed E-state index contributed by atoms with van der Waals surface area (Å²) < 4.78 is 0. The Morgan fingerprint density at radius 1 is 0.941 bits per heavy atom. The number of hydrogen-bond acceptors (Lipinski definition) is 5. The first-order valence-electron chi connectivity index (χ1n) is 20.0. The van der Waals surface area contributed by atoms with Crippen LogP contribution in [0.3, 0.4) is 0 Å². The SMILES string of the molecule is C=C(C)[C@@H]1CC[C@]2(N(CC(=O)CC)c3nc(CC)cs3)CC[C@]3(C)[C@H](CC[C@@H]4[C@@]5(C)CC=C(c6ccc(C(=O)O)cc6)C(C)(C)[C@@H]5CC[C@]43C)[C@@H]12. The molecule has 1 aromatic heterocycles. The highest BCUT2D eigenvalue weighted by molar-refractivity contribution is 7.13. The predicted octanol–water partition coefficient (Wildman–Crippen LogP) is 11.3. The van der Waals surface area contributed by atoms with E-state index in [-0.39, 0.29) is 27.2 Å². The fraction of sp³-hybridized carbons (Fsp3) is 0.667. The molecule has 1 N–H and O–H groups in total. The molecule has 6 heteroatoms. The van der Waals surface area contributed by atoms with Crippen molar-refractivity contribution in [2.45, 2.75) is 132 Å². The van der Waals surface area contributed by atoms with Gasteiger partial charge in [-0.1, -0.05) is 78.8 Å². The fourth-order valence-electron chi connectivity index (χ4n) is 13.7. The summed E-state index contributed by atoms with van der Waals surface area (Å²) >= 11 is 1.75. The minimum atomic E-state index is -0.871. The van der Waals surface area contributed by atoms with Crippen LogP contribution in [0.4, 0.5) is 5.13 Å². The smallest absolute Gasteiger partial charge is 0.335 e. The van der Waals surface area contributed by atoms with Crippen molar-refractivity contribution < 1.29 is 14.7 Å². The number of rotatable bonds is 9. The van der Waals surface area contributed by atoms with Gasteiger partial charge in [-0.3, -0.25) is 4.79 Å². The molecule has 5 nitrogen and oxygen atoms in total. The van der Waals surface area contributed by atoms with E-state index in [1.807, 2.05) is 19.1 Å². The number of carbonyl (C=O) groups is 2. The van der Waals surface area contributed by atoms with Gasteiger partial charge in [-0.2, -0.15) is 0 Å². The van der Waals surface area contributed by atoms with E-state index < -0.39 is 5.97 Å². The van der Waals surface area contributed by atoms with Crippen LogP contribution in [-0.4, -0.2) is 33.9 Å². The maximum atomic E-state index is 13.4. The van der Waals surface area contributed by atoms with Gasteiger partial charge >= 0.3 is 5.97 Å². The Morgan fingerprint density at radius 3 is 2.29 bits per heavy atom. The molecule has 4 fully saturated rings. The number of nitrogens with zero attached hydrogens (tertiary/aromatic N) is 2. The summed E-state index contributed by atoms with van der Waals surface area (Å²) in [6, 6.07) is 7.59. The molecular formula is C45H62N2O3S. The highest BCUT2D eigenvalue weighted by Gasteiger charge is 2.71. The topological polar surface area (TPSA) is 70.5 Å². The van der Waals surface area contributed by atoms with Crippen molar-refractivity contribution in [2.75, 3.05) is 11.4 Å². The average Bonchev–Trinajstić information content (AvgIpc) is 3.73. The zero-order chi connectivity index (χ0) is 36.7. The normalized spacial score (nSPS) is 38.0. The number of benzene rings is 1. The van der Waals surface area contributed by atoms with Crippen molar-refractivity contribution in [2.24, 2.45) is 51.2 Å². The van der Waals surface area contributed by atoms with E-state index in [0.29, 0.717) is 53.9 Å². The first-order chi connectivity index (χ1) is 24.1. The van der Waals surface area contributed by atoms with Crippen LogP contribution in [0.5, 0.6) is 0 Å². The molecule has 0 unspecified atom stereocenters. The quantitative estimate of drug-likeness (QED) is 0.262. The summed E-state index contributed by atoms with van der Waals surface area (Å²) in [5.74, 6) is 2.17. The first-order valence-corrected chi connectivity index (χ1v) is 20.9. The fourth-order valence-corrected chi connectivity index (χ4v) is 14.8. The van der Waals surface area contributed by atoms with Gasteiger partial charge in [0.1, 0.15) is 0 Å². The first kappa shape index (κ1) is 36.6. The van der Waals surface area contributed by atoms with Gasteiger partial charge in [-0.15, -0.1) is 11.3 Å². The Morgan fingerprint density at radius 2 is 1.67 bits per heavy atom. The molecule has 5 aliphatic rings. The number of allylic oxidation sites excluding steroid dienone is 3. The van der Waals surface area contributed by atoms with Crippen LogP contribution < -0.4 is 4.90 Å². The third kappa shape index (κ3) is 5.29. The number of aromatic nitrogens is 1. The maximum absolute atomic E-state index is 13.4. The van der Waals surface area contributed by atoms with E-state index in [4.69, 9.17) is 4.98 Å². The number of aromatic carboxylic acids is 1. The summed E-state index contributed by atoms with van der Waals surface area (Å²) in [6.07, 6.45) is 14.7. The second-order valence-corrected chi connectivity index (χ2v) is 19.5. The van der Waals surface area contributed by atoms with Gasteiger partial charge in [-0.25, -0.2) is 9.78 Å². The number of carboxylic acid groups (broad SMARTS) is 1. The van der Waals surface area contributed by atoms with Gasteiger partial charge in [0.05, 0.1) is 17.8 Å². The van der Waals surface area contributed by atoms with Crippen LogP contribution in [0.2, 0.25) is 0 Å². The largest absolute Gasteiger partial charge is 0.478 e. The van der Waals surface area contributed by atoms with Crippen LogP contribution in [0.15, 0.2) is 47.9 Å². The Kier molecular flexibility index (Phi) is 9.12. The van der Waals surface area contributed by atoms with Crippen molar-refractivity contribution in [3.8, 4) is 0 Å². The van der Waals surface area contributed by atoms with Gasteiger partial charge in [0.2, 0.25) is 0 Å². The number of anilines is 1. The molecular weight excluding hydrogens is 649 g/mol. The van der Waals surface area contributed by atoms with Crippen LogP contribution in [0, 0.1) is 51.2 Å². The van der Waals surface area contributed by atoms with Gasteiger partial charge in [0, 0.05) is 17.3 Å². The standard InChI is InChI=1S/C45H62N2O3S/c1-10-31-27-51-40(46-31)47(26-32(48)11-2)45-23-18-33(28(3)4)38(45)35-16-17-37-42(7)21-19-34(29-12-14-30(15-13-29)39(49)50)41(5,6)36(42)20-22-44(37,9)43(35,8)24-25-45/h12-15,19,27,33,35-38H,3,10-11,16-18,20-26H2,1-2,4-9H3,(H,49,50)/t33-,35+,36-,37+,38+,42-,43+,44+,45-/m0/s1. The molecule has 1 aromatic carbocycles. The number of carboxylic acids is 1. The van der Waals surface area contributed by atoms with Crippen molar-refractivity contribution >= 4 is 33.8 Å². The molecule has 4 saturated carbocycles. The van der Waals surface area contributed by atoms with E-state index in [1.165, 1.54) is 48.8 Å². The van der Waals surface area contributed by atoms with E-state index in [9.17, 15) is 14.7 Å². The van der Waals surface area contributed by atoms with Gasteiger partial charge in [0.25, 0.3) is 0 Å². The molecule has 0 saturated heterocycles. The predicted molar refractivity (Wildman–Crippen MR) is 210 cm³/mol. The monoisotopic (exact) mass is 710 g/mol. The molecule has 9 atom stereocenters. The molecule has 0 amide bonds. The van der Waals surface area contributed by atoms with Crippen molar-refractivity contribution in [3.05, 3.63) is 64.7 Å². The second kappa shape index (κ2) is 12.7.